The smallest absolute Gasteiger partial charge is 0.475 e. The van der Waals surface area contributed by atoms with Crippen molar-refractivity contribution in [3.8, 4) is 0 Å². The van der Waals surface area contributed by atoms with Gasteiger partial charge in [0.25, 0.3) is 5.91 Å². The van der Waals surface area contributed by atoms with Gasteiger partial charge in [0.1, 0.15) is 5.60 Å². The lowest BCUT2D eigenvalue weighted by atomic mass is 9.84. The lowest BCUT2D eigenvalue weighted by Crippen LogP contribution is -2.67. The summed E-state index contributed by atoms with van der Waals surface area (Å²) in [6.07, 6.45) is 0.400. The van der Waals surface area contributed by atoms with Crippen LogP contribution in [-0.4, -0.2) is 64.4 Å². The maximum Gasteiger partial charge on any atom is 0.490 e. The number of aliphatic carboxylic acids is 1. The van der Waals surface area contributed by atoms with E-state index >= 15 is 0 Å². The maximum absolute atomic E-state index is 12.8. The Hall–Kier alpha value is -2.98. The van der Waals surface area contributed by atoms with Gasteiger partial charge in [-0.3, -0.25) is 9.78 Å². The Morgan fingerprint density at radius 2 is 1.76 bits per heavy atom. The second-order valence-electron chi connectivity index (χ2n) is 8.65. The zero-order chi connectivity index (χ0) is 24.9. The van der Waals surface area contributed by atoms with Crippen LogP contribution in [0.3, 0.4) is 0 Å². The minimum absolute atomic E-state index is 0.0934. The Morgan fingerprint density at radius 1 is 1.18 bits per heavy atom. The van der Waals surface area contributed by atoms with Crippen LogP contribution in [0.2, 0.25) is 0 Å². The second-order valence-corrected chi connectivity index (χ2v) is 8.65. The molecular weight excluding hydrogens is 453 g/mol. The van der Waals surface area contributed by atoms with Gasteiger partial charge in [-0.15, -0.1) is 0 Å². The van der Waals surface area contributed by atoms with E-state index in [-0.39, 0.29) is 17.6 Å². The predicted molar refractivity (Wildman–Crippen MR) is 116 cm³/mol. The van der Waals surface area contributed by atoms with Crippen LogP contribution >= 0.6 is 0 Å². The lowest BCUT2D eigenvalue weighted by molar-refractivity contribution is -0.192. The Bertz CT molecular complexity index is 987. The first-order valence-electron chi connectivity index (χ1n) is 10.8. The van der Waals surface area contributed by atoms with Gasteiger partial charge in [0.2, 0.25) is 0 Å². The van der Waals surface area contributed by atoms with E-state index in [1.165, 1.54) is 0 Å². The van der Waals surface area contributed by atoms with Crippen molar-refractivity contribution in [1.82, 2.24) is 9.88 Å². The van der Waals surface area contributed by atoms with Crippen LogP contribution in [0.5, 0.6) is 0 Å². The third-order valence-corrected chi connectivity index (χ3v) is 5.64. The fourth-order valence-electron chi connectivity index (χ4n) is 4.11. The van der Waals surface area contributed by atoms with Gasteiger partial charge in [0.05, 0.1) is 25.8 Å². The number of alkyl halides is 3. The highest BCUT2D eigenvalue weighted by Gasteiger charge is 2.49. The summed E-state index contributed by atoms with van der Waals surface area (Å²) in [7, 11) is 0. The number of aromatic nitrogens is 1. The SMILES string of the molecule is Cc1cc(C)cc(C(=O)N2CC3(CC(OCc4ccncc4)CCO3)C2)c1.O=C(O)C(F)(F)F. The number of hydrogen-bond acceptors (Lipinski definition) is 5. The van der Waals surface area contributed by atoms with Crippen LogP contribution in [-0.2, 0) is 20.9 Å². The van der Waals surface area contributed by atoms with Gasteiger partial charge in [-0.2, -0.15) is 13.2 Å². The van der Waals surface area contributed by atoms with Crippen LogP contribution < -0.4 is 0 Å². The standard InChI is InChI=1S/C22H26N2O3.C2HF3O2/c1-16-9-17(2)11-19(10-16)21(25)24-14-22(15-24)12-20(5-8-27-22)26-13-18-3-6-23-7-4-18;3-2(4,5)1(6)7/h3-4,6-7,9-11,20H,5,8,12-15H2,1-2H3;(H,6,7). The van der Waals surface area contributed by atoms with Crippen LogP contribution in [0.25, 0.3) is 0 Å². The van der Waals surface area contributed by atoms with Crippen LogP contribution in [0.4, 0.5) is 13.2 Å². The summed E-state index contributed by atoms with van der Waals surface area (Å²) < 4.78 is 43.9. The van der Waals surface area contributed by atoms with E-state index in [1.807, 2.05) is 43.0 Å². The summed E-state index contributed by atoms with van der Waals surface area (Å²) in [5.74, 6) is -2.66. The number of likely N-dealkylation sites (tertiary alicyclic amines) is 1. The monoisotopic (exact) mass is 480 g/mol. The summed E-state index contributed by atoms with van der Waals surface area (Å²) in [5, 5.41) is 7.12. The normalized spacial score (nSPS) is 19.1. The molecule has 2 aromatic rings. The van der Waals surface area contributed by atoms with Crippen LogP contribution in [0.1, 0.15) is 39.9 Å². The summed E-state index contributed by atoms with van der Waals surface area (Å²) >= 11 is 0. The molecule has 7 nitrogen and oxygen atoms in total. The third kappa shape index (κ3) is 6.77. The number of amides is 1. The zero-order valence-corrected chi connectivity index (χ0v) is 19.0. The van der Waals surface area contributed by atoms with E-state index in [4.69, 9.17) is 19.4 Å². The van der Waals surface area contributed by atoms with Crippen molar-refractivity contribution >= 4 is 11.9 Å². The average Bonchev–Trinajstić information content (AvgIpc) is 2.75. The van der Waals surface area contributed by atoms with Gasteiger partial charge < -0.3 is 19.5 Å². The molecule has 1 amide bonds. The van der Waals surface area contributed by atoms with Crippen molar-refractivity contribution in [3.63, 3.8) is 0 Å². The van der Waals surface area contributed by atoms with E-state index in [0.29, 0.717) is 26.3 Å². The quantitative estimate of drug-likeness (QED) is 0.714. The molecular formula is C24H27F3N2O5. The van der Waals surface area contributed by atoms with E-state index in [1.54, 1.807) is 12.4 Å². The first-order chi connectivity index (χ1) is 16.0. The molecule has 1 aromatic heterocycles. The van der Waals surface area contributed by atoms with Crippen molar-refractivity contribution in [2.24, 2.45) is 0 Å². The van der Waals surface area contributed by atoms with E-state index in [2.05, 4.69) is 11.1 Å². The highest BCUT2D eigenvalue weighted by Crippen LogP contribution is 2.36. The molecule has 0 bridgehead atoms. The number of aryl methyl sites for hydroxylation is 2. The number of carboxylic acids is 1. The molecule has 184 valence electrons. The van der Waals surface area contributed by atoms with E-state index in [9.17, 15) is 18.0 Å². The van der Waals surface area contributed by atoms with E-state index in [0.717, 1.165) is 35.1 Å². The molecule has 2 aliphatic rings. The predicted octanol–water partition coefficient (Wildman–Crippen LogP) is 3.92. The lowest BCUT2D eigenvalue weighted by Gasteiger charge is -2.53. The molecule has 1 spiro atoms. The van der Waals surface area contributed by atoms with Crippen molar-refractivity contribution in [3.05, 3.63) is 65.0 Å². The van der Waals surface area contributed by atoms with Crippen molar-refractivity contribution in [2.45, 2.75) is 51.2 Å². The Kier molecular flexibility index (Phi) is 7.93. The van der Waals surface area contributed by atoms with Crippen LogP contribution in [0.15, 0.2) is 42.7 Å². The average molecular weight is 480 g/mol. The summed E-state index contributed by atoms with van der Waals surface area (Å²) in [6.45, 7) is 6.62. The molecule has 0 radical (unpaired) electrons. The first kappa shape index (κ1) is 25.6. The van der Waals surface area contributed by atoms with Gasteiger partial charge in [0.15, 0.2) is 0 Å². The fraction of sp³-hybridized carbons (Fsp3) is 0.458. The summed E-state index contributed by atoms with van der Waals surface area (Å²) in [5.41, 5.74) is 3.89. The molecule has 34 heavy (non-hydrogen) atoms. The number of carbonyl (C=O) groups is 2. The van der Waals surface area contributed by atoms with Gasteiger partial charge in [-0.25, -0.2) is 4.79 Å². The topological polar surface area (TPSA) is 89.0 Å². The van der Waals surface area contributed by atoms with E-state index < -0.39 is 12.1 Å². The molecule has 0 aliphatic carbocycles. The molecule has 1 unspecified atom stereocenters. The number of benzene rings is 1. The van der Waals surface area contributed by atoms with Crippen LogP contribution in [0, 0.1) is 13.8 Å². The third-order valence-electron chi connectivity index (χ3n) is 5.64. The number of carbonyl (C=O) groups excluding carboxylic acids is 1. The summed E-state index contributed by atoms with van der Waals surface area (Å²) in [4.78, 5) is 27.6. The molecule has 3 heterocycles. The number of pyridine rings is 1. The Morgan fingerprint density at radius 3 is 2.32 bits per heavy atom. The van der Waals surface area contributed by atoms with Gasteiger partial charge >= 0.3 is 12.1 Å². The maximum atomic E-state index is 12.8. The second kappa shape index (κ2) is 10.5. The summed E-state index contributed by atoms with van der Waals surface area (Å²) in [6, 6.07) is 9.96. The minimum Gasteiger partial charge on any atom is -0.475 e. The molecule has 2 aliphatic heterocycles. The molecule has 10 heteroatoms. The molecule has 2 saturated heterocycles. The molecule has 1 atom stereocenters. The fourth-order valence-corrected chi connectivity index (χ4v) is 4.11. The molecule has 2 fully saturated rings. The number of carboxylic acid groups (broad SMARTS) is 1. The number of ether oxygens (including phenoxy) is 2. The first-order valence-corrected chi connectivity index (χ1v) is 10.8. The number of rotatable bonds is 4. The van der Waals surface area contributed by atoms with Gasteiger partial charge in [-0.05, 0) is 50.1 Å². The number of nitrogens with zero attached hydrogens (tertiary/aromatic N) is 2. The number of halogens is 3. The zero-order valence-electron chi connectivity index (χ0n) is 19.0. The number of hydrogen-bond donors (Lipinski definition) is 1. The highest BCUT2D eigenvalue weighted by atomic mass is 19.4. The molecule has 4 rings (SSSR count). The van der Waals surface area contributed by atoms with Crippen molar-refractivity contribution in [1.29, 1.82) is 0 Å². The largest absolute Gasteiger partial charge is 0.490 e. The Labute approximate surface area is 195 Å². The van der Waals surface area contributed by atoms with Gasteiger partial charge in [0, 0.05) is 31.0 Å². The molecule has 1 N–H and O–H groups in total. The van der Waals surface area contributed by atoms with Crippen molar-refractivity contribution < 1.29 is 37.3 Å². The molecule has 0 saturated carbocycles. The highest BCUT2D eigenvalue weighted by molar-refractivity contribution is 5.95. The molecule has 1 aromatic carbocycles. The van der Waals surface area contributed by atoms with Crippen molar-refractivity contribution in [2.75, 3.05) is 19.7 Å². The minimum atomic E-state index is -5.08. The Balaban J connectivity index is 0.000000406. The van der Waals surface area contributed by atoms with Gasteiger partial charge in [-0.1, -0.05) is 17.2 Å².